The average molecular weight is 638 g/mol. The highest BCUT2D eigenvalue weighted by Gasteiger charge is 2.36. The van der Waals surface area contributed by atoms with E-state index >= 15 is 0 Å². The first-order valence-electron chi connectivity index (χ1n) is 13.6. The number of anilines is 1. The Kier molecular flexibility index (Phi) is 11.3. The van der Waals surface area contributed by atoms with Crippen LogP contribution in [0.15, 0.2) is 72.8 Å². The molecule has 43 heavy (non-hydrogen) atoms. The van der Waals surface area contributed by atoms with Gasteiger partial charge in [-0.15, -0.1) is 0 Å². The number of nitrogens with one attached hydrogen (secondary N) is 1. The van der Waals surface area contributed by atoms with Crippen LogP contribution in [-0.2, 0) is 38.8 Å². The fraction of sp³-hybridized carbons (Fsp3) is 0.355. The Morgan fingerprint density at radius 2 is 1.63 bits per heavy atom. The predicted molar refractivity (Wildman–Crippen MR) is 162 cm³/mol. The number of carbonyl (C=O) groups excluding carboxylic acids is 2. The first-order chi connectivity index (χ1) is 20.1. The molecule has 3 rings (SSSR count). The van der Waals surface area contributed by atoms with Gasteiger partial charge in [0.25, 0.3) is 0 Å². The van der Waals surface area contributed by atoms with Gasteiger partial charge in [-0.3, -0.25) is 13.9 Å². The van der Waals surface area contributed by atoms with Gasteiger partial charge in [0.05, 0.1) is 22.5 Å². The van der Waals surface area contributed by atoms with Crippen LogP contribution in [-0.4, -0.2) is 50.0 Å². The second-order valence-corrected chi connectivity index (χ2v) is 12.8. The molecule has 2 atom stereocenters. The molecule has 3 aromatic carbocycles. The van der Waals surface area contributed by atoms with Crippen LogP contribution in [0.4, 0.5) is 18.9 Å². The first-order valence-corrected chi connectivity index (χ1v) is 15.9. The van der Waals surface area contributed by atoms with Gasteiger partial charge in [-0.2, -0.15) is 13.2 Å². The standard InChI is InChI=1S/C31H35ClF3N3O4S/c1-5-22(3)36-30(40)28(17-23-11-7-6-8-12-23)37(19-24-13-9-10-21(2)16-24)29(39)20-38(43(4,41)42)25-14-15-27(32)26(18-25)31(33,34)35/h6-16,18,22,28H,5,17,19-20H2,1-4H3,(H,36,40)/t22-,28-/m0/s1. The number of amides is 2. The van der Waals surface area contributed by atoms with Gasteiger partial charge < -0.3 is 10.2 Å². The van der Waals surface area contributed by atoms with Crippen LogP contribution in [0, 0.1) is 6.92 Å². The van der Waals surface area contributed by atoms with E-state index in [9.17, 15) is 31.2 Å². The average Bonchev–Trinajstić information content (AvgIpc) is 2.93. The number of hydrogen-bond donors (Lipinski definition) is 1. The number of hydrogen-bond acceptors (Lipinski definition) is 4. The Morgan fingerprint density at radius 3 is 2.21 bits per heavy atom. The molecule has 0 spiro atoms. The quantitative estimate of drug-likeness (QED) is 0.264. The predicted octanol–water partition coefficient (Wildman–Crippen LogP) is 5.99. The molecule has 0 fully saturated rings. The van der Waals surface area contributed by atoms with E-state index in [0.29, 0.717) is 22.4 Å². The van der Waals surface area contributed by atoms with Crippen LogP contribution in [0.25, 0.3) is 0 Å². The molecule has 0 unspecified atom stereocenters. The van der Waals surface area contributed by atoms with Crippen molar-refractivity contribution in [2.75, 3.05) is 17.1 Å². The number of sulfonamides is 1. The zero-order valence-electron chi connectivity index (χ0n) is 24.4. The van der Waals surface area contributed by atoms with E-state index in [2.05, 4.69) is 5.32 Å². The molecule has 0 heterocycles. The van der Waals surface area contributed by atoms with Crippen molar-refractivity contribution in [1.29, 1.82) is 0 Å². The lowest BCUT2D eigenvalue weighted by molar-refractivity contribution is -0.140. The molecule has 0 saturated heterocycles. The molecule has 0 aliphatic heterocycles. The van der Waals surface area contributed by atoms with E-state index in [4.69, 9.17) is 11.6 Å². The molecule has 3 aromatic rings. The van der Waals surface area contributed by atoms with Gasteiger partial charge >= 0.3 is 6.18 Å². The van der Waals surface area contributed by atoms with Crippen molar-refractivity contribution in [1.82, 2.24) is 10.2 Å². The number of rotatable bonds is 12. The van der Waals surface area contributed by atoms with Crippen LogP contribution in [0.5, 0.6) is 0 Å². The highest BCUT2D eigenvalue weighted by atomic mass is 35.5. The maximum absolute atomic E-state index is 14.1. The zero-order valence-corrected chi connectivity index (χ0v) is 25.9. The van der Waals surface area contributed by atoms with Gasteiger partial charge in [0, 0.05) is 19.0 Å². The Bertz CT molecular complexity index is 1530. The van der Waals surface area contributed by atoms with Gasteiger partial charge in [0.15, 0.2) is 0 Å². The van der Waals surface area contributed by atoms with Crippen LogP contribution in [0.1, 0.15) is 42.5 Å². The Hall–Kier alpha value is -3.57. The maximum Gasteiger partial charge on any atom is 0.417 e. The maximum atomic E-state index is 14.1. The van der Waals surface area contributed by atoms with E-state index in [-0.39, 0.29) is 24.7 Å². The van der Waals surface area contributed by atoms with Crippen molar-refractivity contribution in [3.63, 3.8) is 0 Å². The fourth-order valence-electron chi connectivity index (χ4n) is 4.50. The molecule has 0 aliphatic rings. The van der Waals surface area contributed by atoms with Gasteiger partial charge in [0.2, 0.25) is 21.8 Å². The molecule has 7 nitrogen and oxygen atoms in total. The lowest BCUT2D eigenvalue weighted by atomic mass is 10.0. The number of carbonyl (C=O) groups is 2. The van der Waals surface area contributed by atoms with Gasteiger partial charge in [-0.25, -0.2) is 8.42 Å². The van der Waals surface area contributed by atoms with E-state index in [1.807, 2.05) is 51.1 Å². The molecule has 232 valence electrons. The number of alkyl halides is 3. The summed E-state index contributed by atoms with van der Waals surface area (Å²) in [6.45, 7) is 4.72. The molecular weight excluding hydrogens is 603 g/mol. The summed E-state index contributed by atoms with van der Waals surface area (Å²) in [4.78, 5) is 29.1. The molecule has 12 heteroatoms. The summed E-state index contributed by atoms with van der Waals surface area (Å²) >= 11 is 5.76. The summed E-state index contributed by atoms with van der Waals surface area (Å²) in [6, 6.07) is 17.7. The van der Waals surface area contributed by atoms with Crippen molar-refractivity contribution in [3.05, 3.63) is 100 Å². The monoisotopic (exact) mass is 637 g/mol. The largest absolute Gasteiger partial charge is 0.417 e. The highest BCUT2D eigenvalue weighted by molar-refractivity contribution is 7.92. The van der Waals surface area contributed by atoms with Crippen LogP contribution < -0.4 is 9.62 Å². The number of nitrogens with zero attached hydrogens (tertiary/aromatic N) is 2. The van der Waals surface area contributed by atoms with E-state index in [1.54, 1.807) is 24.3 Å². The van der Waals surface area contributed by atoms with E-state index in [1.165, 1.54) is 4.90 Å². The van der Waals surface area contributed by atoms with E-state index in [0.717, 1.165) is 29.5 Å². The van der Waals surface area contributed by atoms with Crippen LogP contribution >= 0.6 is 11.6 Å². The summed E-state index contributed by atoms with van der Waals surface area (Å²) in [5.74, 6) is -1.20. The van der Waals surface area contributed by atoms with Crippen molar-refractivity contribution in [2.24, 2.45) is 0 Å². The number of aryl methyl sites for hydroxylation is 1. The third-order valence-electron chi connectivity index (χ3n) is 6.93. The third kappa shape index (κ3) is 9.46. The molecule has 0 bridgehead atoms. The lowest BCUT2D eigenvalue weighted by Gasteiger charge is -2.34. The van der Waals surface area contributed by atoms with Crippen molar-refractivity contribution in [2.45, 2.75) is 58.4 Å². The van der Waals surface area contributed by atoms with Gasteiger partial charge in [-0.1, -0.05) is 78.7 Å². The van der Waals surface area contributed by atoms with Crippen molar-refractivity contribution < 1.29 is 31.2 Å². The van der Waals surface area contributed by atoms with Gasteiger partial charge in [0.1, 0.15) is 12.6 Å². The van der Waals surface area contributed by atoms with Crippen molar-refractivity contribution >= 4 is 39.1 Å². The van der Waals surface area contributed by atoms with E-state index < -0.39 is 51.2 Å². The molecule has 0 saturated carbocycles. The van der Waals surface area contributed by atoms with Crippen LogP contribution in [0.3, 0.4) is 0 Å². The SMILES string of the molecule is CC[C@H](C)NC(=O)[C@H](Cc1ccccc1)N(Cc1cccc(C)c1)C(=O)CN(c1ccc(Cl)c(C(F)(F)F)c1)S(C)(=O)=O. The fourth-order valence-corrected chi connectivity index (χ4v) is 5.57. The summed E-state index contributed by atoms with van der Waals surface area (Å²) in [5.41, 5.74) is 0.749. The molecule has 0 aromatic heterocycles. The minimum absolute atomic E-state index is 0.0437. The number of benzene rings is 3. The van der Waals surface area contributed by atoms with Crippen LogP contribution in [0.2, 0.25) is 5.02 Å². The smallest absolute Gasteiger partial charge is 0.352 e. The summed E-state index contributed by atoms with van der Waals surface area (Å²) in [5, 5.41) is 2.31. The van der Waals surface area contributed by atoms with Gasteiger partial charge in [-0.05, 0) is 49.6 Å². The minimum atomic E-state index is -4.85. The number of halogens is 4. The Balaban J connectivity index is 2.11. The second kappa shape index (κ2) is 14.3. The lowest BCUT2D eigenvalue weighted by Crippen LogP contribution is -2.54. The normalized spacial score (nSPS) is 13.2. The molecule has 0 aliphatic carbocycles. The zero-order chi connectivity index (χ0) is 31.9. The summed E-state index contributed by atoms with van der Waals surface area (Å²) in [6.07, 6.45) is -3.30. The topological polar surface area (TPSA) is 86.8 Å². The summed E-state index contributed by atoms with van der Waals surface area (Å²) in [7, 11) is -4.25. The molecule has 1 N–H and O–H groups in total. The third-order valence-corrected chi connectivity index (χ3v) is 8.40. The summed E-state index contributed by atoms with van der Waals surface area (Å²) < 4.78 is 67.2. The highest BCUT2D eigenvalue weighted by Crippen LogP contribution is 2.37. The second-order valence-electron chi connectivity index (χ2n) is 10.5. The minimum Gasteiger partial charge on any atom is -0.352 e. The van der Waals surface area contributed by atoms with Crippen molar-refractivity contribution in [3.8, 4) is 0 Å². The first kappa shape index (κ1) is 33.9. The molecule has 2 amide bonds. The Morgan fingerprint density at radius 1 is 0.977 bits per heavy atom. The molecule has 0 radical (unpaired) electrons. The Labute approximate surface area is 255 Å². The molecular formula is C31H35ClF3N3O4S.